The van der Waals surface area contributed by atoms with E-state index in [4.69, 9.17) is 33.2 Å². The molecule has 1 aliphatic heterocycles. The first-order valence-corrected chi connectivity index (χ1v) is 20.4. The van der Waals surface area contributed by atoms with E-state index >= 15 is 0 Å². The molecule has 1 saturated heterocycles. The van der Waals surface area contributed by atoms with Crippen molar-refractivity contribution < 1.29 is 53.3 Å². The standard InChI is InChI=1S/C39H77NO11/c1-4-6-8-10-12-14-16-18-20-22-47-31-34(32-48-23-21-19-17-15-13-11-9-7-5-2)49-28-26-45-24-25-46-27-29-50-39-36(40-33(3)42)38(44)37(43)35(30-41)51-39/h34-39,41,43-44H,4-32H2,1-3H3,(H,40,42)/t35-,36-,37-,38-,39-/m1/s1. The molecule has 5 atom stereocenters. The molecule has 304 valence electrons. The normalized spacial score (nSPS) is 20.7. The molecule has 0 aromatic rings. The number of aliphatic hydroxyl groups excluding tert-OH is 3. The minimum absolute atomic E-state index is 0.116. The number of carbonyl (C=O) groups is 1. The molecule has 0 radical (unpaired) electrons. The highest BCUT2D eigenvalue weighted by molar-refractivity contribution is 5.73. The SMILES string of the molecule is CCCCCCCCCCCOCC(COCCCCCCCCCCC)OCCOCCOCCO[C@@H]1O[C@H](CO)[C@@H](O)[C@H](O)[C@H]1NC(C)=O. The highest BCUT2D eigenvalue weighted by atomic mass is 16.7. The number of ether oxygens (including phenoxy) is 7. The van der Waals surface area contributed by atoms with Gasteiger partial charge in [0.25, 0.3) is 0 Å². The molecule has 1 rings (SSSR count). The van der Waals surface area contributed by atoms with Crippen molar-refractivity contribution in [2.75, 3.05) is 72.7 Å². The molecule has 1 fully saturated rings. The van der Waals surface area contributed by atoms with Crippen molar-refractivity contribution >= 4 is 5.91 Å². The Kier molecular flexibility index (Phi) is 32.8. The summed E-state index contributed by atoms with van der Waals surface area (Å²) in [4.78, 5) is 11.6. The van der Waals surface area contributed by atoms with E-state index in [-0.39, 0.29) is 19.3 Å². The molecule has 51 heavy (non-hydrogen) atoms. The van der Waals surface area contributed by atoms with Crippen LogP contribution in [0.3, 0.4) is 0 Å². The summed E-state index contributed by atoms with van der Waals surface area (Å²) in [5.74, 6) is -0.405. The summed E-state index contributed by atoms with van der Waals surface area (Å²) in [5, 5.41) is 32.4. The van der Waals surface area contributed by atoms with Crippen molar-refractivity contribution in [2.45, 2.75) is 173 Å². The Morgan fingerprint density at radius 1 is 0.608 bits per heavy atom. The van der Waals surface area contributed by atoms with Gasteiger partial charge in [0.1, 0.15) is 30.5 Å². The maximum atomic E-state index is 11.6. The lowest BCUT2D eigenvalue weighted by molar-refractivity contribution is -0.272. The second-order valence-electron chi connectivity index (χ2n) is 13.8. The quantitative estimate of drug-likeness (QED) is 0.0602. The Balaban J connectivity index is 2.23. The molecular weight excluding hydrogens is 658 g/mol. The third-order valence-corrected chi connectivity index (χ3v) is 9.11. The predicted octanol–water partition coefficient (Wildman–Crippen LogP) is 5.46. The molecule has 0 spiro atoms. The third-order valence-electron chi connectivity index (χ3n) is 9.11. The molecule has 0 saturated carbocycles. The number of carbonyl (C=O) groups excluding carboxylic acids is 1. The molecular formula is C39H77NO11. The van der Waals surface area contributed by atoms with E-state index < -0.39 is 43.2 Å². The van der Waals surface area contributed by atoms with Crippen LogP contribution in [0.15, 0.2) is 0 Å². The summed E-state index contributed by atoms with van der Waals surface area (Å²) < 4.78 is 40.5. The Bertz CT molecular complexity index is 739. The maximum absolute atomic E-state index is 11.6. The van der Waals surface area contributed by atoms with E-state index in [2.05, 4.69) is 19.2 Å². The number of rotatable bonds is 37. The van der Waals surface area contributed by atoms with Crippen LogP contribution in [-0.4, -0.2) is 131 Å². The summed E-state index contributed by atoms with van der Waals surface area (Å²) in [6.07, 6.45) is 18.3. The fourth-order valence-corrected chi connectivity index (χ4v) is 6.04. The van der Waals surface area contributed by atoms with Crippen LogP contribution in [0, 0.1) is 0 Å². The van der Waals surface area contributed by atoms with Crippen molar-refractivity contribution in [2.24, 2.45) is 0 Å². The van der Waals surface area contributed by atoms with Crippen LogP contribution in [0.4, 0.5) is 0 Å². The highest BCUT2D eigenvalue weighted by Crippen LogP contribution is 2.22. The van der Waals surface area contributed by atoms with Crippen LogP contribution in [0.5, 0.6) is 0 Å². The molecule has 0 aromatic heterocycles. The van der Waals surface area contributed by atoms with Crippen LogP contribution in [-0.2, 0) is 38.0 Å². The van der Waals surface area contributed by atoms with Crippen molar-refractivity contribution in [3.05, 3.63) is 0 Å². The monoisotopic (exact) mass is 736 g/mol. The number of hydrogen-bond donors (Lipinski definition) is 4. The van der Waals surface area contributed by atoms with E-state index in [1.54, 1.807) is 0 Å². The zero-order chi connectivity index (χ0) is 37.2. The second-order valence-corrected chi connectivity index (χ2v) is 13.8. The second kappa shape index (κ2) is 34.8. The molecule has 12 nitrogen and oxygen atoms in total. The van der Waals surface area contributed by atoms with E-state index in [9.17, 15) is 20.1 Å². The number of nitrogens with one attached hydrogen (secondary N) is 1. The molecule has 0 aliphatic carbocycles. The number of hydrogen-bond acceptors (Lipinski definition) is 11. The molecule has 1 heterocycles. The summed E-state index contributed by atoms with van der Waals surface area (Å²) >= 11 is 0. The fourth-order valence-electron chi connectivity index (χ4n) is 6.04. The van der Waals surface area contributed by atoms with Crippen LogP contribution < -0.4 is 5.32 Å². The van der Waals surface area contributed by atoms with Gasteiger partial charge in [0.05, 0.1) is 59.5 Å². The molecule has 0 aromatic carbocycles. The maximum Gasteiger partial charge on any atom is 0.217 e. The van der Waals surface area contributed by atoms with Gasteiger partial charge >= 0.3 is 0 Å². The molecule has 4 N–H and O–H groups in total. The van der Waals surface area contributed by atoms with Gasteiger partial charge in [0.15, 0.2) is 6.29 Å². The number of amides is 1. The molecule has 1 amide bonds. The fraction of sp³-hybridized carbons (Fsp3) is 0.974. The first kappa shape index (κ1) is 48.1. The Labute approximate surface area is 309 Å². The van der Waals surface area contributed by atoms with Crippen LogP contribution >= 0.6 is 0 Å². The Hall–Kier alpha value is -0.930. The lowest BCUT2D eigenvalue weighted by Crippen LogP contribution is -2.64. The Morgan fingerprint density at radius 3 is 1.53 bits per heavy atom. The van der Waals surface area contributed by atoms with Crippen molar-refractivity contribution in [1.29, 1.82) is 0 Å². The van der Waals surface area contributed by atoms with Gasteiger partial charge in [-0.3, -0.25) is 4.79 Å². The van der Waals surface area contributed by atoms with Gasteiger partial charge in [-0.1, -0.05) is 117 Å². The zero-order valence-corrected chi connectivity index (χ0v) is 32.6. The van der Waals surface area contributed by atoms with Crippen molar-refractivity contribution in [1.82, 2.24) is 5.32 Å². The van der Waals surface area contributed by atoms with E-state index in [1.165, 1.54) is 110 Å². The van der Waals surface area contributed by atoms with Crippen LogP contribution in [0.25, 0.3) is 0 Å². The van der Waals surface area contributed by atoms with Crippen molar-refractivity contribution in [3.8, 4) is 0 Å². The van der Waals surface area contributed by atoms with Crippen LogP contribution in [0.2, 0.25) is 0 Å². The minimum Gasteiger partial charge on any atom is -0.394 e. The first-order valence-electron chi connectivity index (χ1n) is 20.4. The van der Waals surface area contributed by atoms with Gasteiger partial charge in [0, 0.05) is 20.1 Å². The molecule has 12 heteroatoms. The van der Waals surface area contributed by atoms with Gasteiger partial charge in [-0.25, -0.2) is 0 Å². The average molecular weight is 736 g/mol. The predicted molar refractivity (Wildman–Crippen MR) is 199 cm³/mol. The van der Waals surface area contributed by atoms with E-state index in [0.717, 1.165) is 26.1 Å². The Morgan fingerprint density at radius 2 is 1.06 bits per heavy atom. The van der Waals surface area contributed by atoms with Gasteiger partial charge in [-0.15, -0.1) is 0 Å². The summed E-state index contributed by atoms with van der Waals surface area (Å²) in [5.41, 5.74) is 0. The van der Waals surface area contributed by atoms with Gasteiger partial charge < -0.3 is 53.8 Å². The van der Waals surface area contributed by atoms with Crippen molar-refractivity contribution in [3.63, 3.8) is 0 Å². The minimum atomic E-state index is -1.35. The molecule has 0 bridgehead atoms. The first-order chi connectivity index (χ1) is 24.9. The van der Waals surface area contributed by atoms with E-state index in [1.807, 2.05) is 0 Å². The smallest absolute Gasteiger partial charge is 0.217 e. The lowest BCUT2D eigenvalue weighted by atomic mass is 9.97. The largest absolute Gasteiger partial charge is 0.394 e. The molecule has 0 unspecified atom stereocenters. The zero-order valence-electron chi connectivity index (χ0n) is 32.6. The number of unbranched alkanes of at least 4 members (excludes halogenated alkanes) is 16. The number of aliphatic hydroxyl groups is 3. The lowest BCUT2D eigenvalue weighted by Gasteiger charge is -2.42. The third kappa shape index (κ3) is 26.5. The van der Waals surface area contributed by atoms with Gasteiger partial charge in [-0.2, -0.15) is 0 Å². The van der Waals surface area contributed by atoms with Crippen LogP contribution in [0.1, 0.15) is 136 Å². The summed E-state index contributed by atoms with van der Waals surface area (Å²) in [6.45, 7) is 9.75. The summed E-state index contributed by atoms with van der Waals surface area (Å²) in [7, 11) is 0. The van der Waals surface area contributed by atoms with Gasteiger partial charge in [0.2, 0.25) is 5.91 Å². The highest BCUT2D eigenvalue weighted by Gasteiger charge is 2.45. The van der Waals surface area contributed by atoms with E-state index in [0.29, 0.717) is 39.6 Å². The topological polar surface area (TPSA) is 154 Å². The molecule has 1 aliphatic rings. The summed E-state index contributed by atoms with van der Waals surface area (Å²) in [6, 6.07) is -0.979. The average Bonchev–Trinajstić information content (AvgIpc) is 3.12. The van der Waals surface area contributed by atoms with Gasteiger partial charge in [-0.05, 0) is 12.8 Å².